The van der Waals surface area contributed by atoms with Crippen LogP contribution in [-0.2, 0) is 17.1 Å². The Morgan fingerprint density at radius 3 is 1.79 bits per heavy atom. The highest BCUT2D eigenvalue weighted by atomic mass is 19.4. The van der Waals surface area contributed by atoms with Crippen molar-refractivity contribution >= 4 is 11.8 Å². The molecule has 2 atom stereocenters. The van der Waals surface area contributed by atoms with E-state index in [0.29, 0.717) is 5.56 Å². The molecule has 0 saturated heterocycles. The van der Waals surface area contributed by atoms with Crippen molar-refractivity contribution in [3.05, 3.63) is 70.8 Å². The molecule has 11 heteroatoms. The molecule has 2 rings (SSSR count). The van der Waals surface area contributed by atoms with E-state index in [-0.39, 0.29) is 24.6 Å². The maximum Gasteiger partial charge on any atom is 0.416 e. The van der Waals surface area contributed by atoms with Crippen molar-refractivity contribution in [1.82, 2.24) is 15.5 Å². The highest BCUT2D eigenvalue weighted by molar-refractivity contribution is 5.94. The number of hydrogen-bond acceptors (Lipinski definition) is 3. The van der Waals surface area contributed by atoms with Crippen LogP contribution in [0.5, 0.6) is 0 Å². The predicted molar refractivity (Wildman–Crippen MR) is 114 cm³/mol. The van der Waals surface area contributed by atoms with Crippen molar-refractivity contribution in [3.63, 3.8) is 0 Å². The smallest absolute Gasteiger partial charge is 0.350 e. The number of benzene rings is 2. The average Bonchev–Trinajstić information content (AvgIpc) is 2.78. The molecule has 2 aromatic carbocycles. The van der Waals surface area contributed by atoms with Crippen molar-refractivity contribution in [2.24, 2.45) is 0 Å². The number of rotatable bonds is 8. The Morgan fingerprint density at radius 1 is 0.882 bits per heavy atom. The molecular weight excluding hydrogens is 464 g/mol. The zero-order chi connectivity index (χ0) is 25.7. The molecule has 0 aliphatic carbocycles. The normalized spacial score (nSPS) is 13.8. The fraction of sp³-hybridized carbons (Fsp3) is 0.391. The second kappa shape index (κ2) is 10.9. The monoisotopic (exact) mass is 489 g/mol. The zero-order valence-electron chi connectivity index (χ0n) is 18.7. The number of hydrogen-bond donors (Lipinski definition) is 2. The van der Waals surface area contributed by atoms with Gasteiger partial charge in [-0.1, -0.05) is 19.1 Å². The standard InChI is InChI=1S/C23H25F6N3O2/c1-14(15-4-8-17(9-5-15)22(24,25)26)19(30-2)21(34)32(3)13-12-31-20(33)16-6-10-18(11-7-16)23(27,28)29/h4-11,14,19,30H,12-13H2,1-3H3,(H,31,33)/t14-,19+/m1/s1. The first-order chi connectivity index (χ1) is 15.8. The molecule has 0 saturated carbocycles. The van der Waals surface area contributed by atoms with Gasteiger partial charge in [0.15, 0.2) is 0 Å². The number of amides is 2. The molecule has 5 nitrogen and oxygen atoms in total. The topological polar surface area (TPSA) is 61.4 Å². The van der Waals surface area contributed by atoms with E-state index < -0.39 is 41.3 Å². The quantitative estimate of drug-likeness (QED) is 0.544. The predicted octanol–water partition coefficient (Wildman–Crippen LogP) is 4.30. The van der Waals surface area contributed by atoms with Crippen LogP contribution in [0.1, 0.15) is 39.9 Å². The zero-order valence-corrected chi connectivity index (χ0v) is 18.7. The van der Waals surface area contributed by atoms with Crippen molar-refractivity contribution in [3.8, 4) is 0 Å². The van der Waals surface area contributed by atoms with E-state index in [1.165, 1.54) is 24.1 Å². The minimum absolute atomic E-state index is 0.0472. The van der Waals surface area contributed by atoms with Gasteiger partial charge in [-0.25, -0.2) is 0 Å². The third-order valence-corrected chi connectivity index (χ3v) is 5.42. The molecule has 0 heterocycles. The van der Waals surface area contributed by atoms with Gasteiger partial charge in [0, 0.05) is 31.6 Å². The SMILES string of the molecule is CN[C@H](C(=O)N(C)CCNC(=O)c1ccc(C(F)(F)F)cc1)[C@H](C)c1ccc(C(F)(F)F)cc1. The van der Waals surface area contributed by atoms with E-state index in [0.717, 1.165) is 36.4 Å². The second-order valence-electron chi connectivity index (χ2n) is 7.77. The van der Waals surface area contributed by atoms with Gasteiger partial charge in [-0.3, -0.25) is 9.59 Å². The van der Waals surface area contributed by atoms with Gasteiger partial charge in [0.1, 0.15) is 0 Å². The van der Waals surface area contributed by atoms with Gasteiger partial charge in [-0.2, -0.15) is 26.3 Å². The van der Waals surface area contributed by atoms with E-state index in [4.69, 9.17) is 0 Å². The molecule has 0 spiro atoms. The third kappa shape index (κ3) is 6.96. The van der Waals surface area contributed by atoms with Crippen LogP contribution in [-0.4, -0.2) is 49.9 Å². The average molecular weight is 489 g/mol. The summed E-state index contributed by atoms with van der Waals surface area (Å²) in [4.78, 5) is 26.4. The largest absolute Gasteiger partial charge is 0.416 e. The molecule has 186 valence electrons. The molecule has 0 bridgehead atoms. The number of likely N-dealkylation sites (N-methyl/N-ethyl adjacent to an activating group) is 2. The molecule has 0 aliphatic rings. The summed E-state index contributed by atoms with van der Waals surface area (Å²) < 4.78 is 76.2. The minimum atomic E-state index is -4.50. The molecule has 0 aliphatic heterocycles. The minimum Gasteiger partial charge on any atom is -0.350 e. The fourth-order valence-corrected chi connectivity index (χ4v) is 3.35. The van der Waals surface area contributed by atoms with Gasteiger partial charge in [-0.05, 0) is 49.0 Å². The highest BCUT2D eigenvalue weighted by Crippen LogP contribution is 2.31. The number of nitrogens with one attached hydrogen (secondary N) is 2. The lowest BCUT2D eigenvalue weighted by molar-refractivity contribution is -0.138. The van der Waals surface area contributed by atoms with Crippen LogP contribution in [0.3, 0.4) is 0 Å². The molecule has 0 aromatic heterocycles. The third-order valence-electron chi connectivity index (χ3n) is 5.42. The molecular formula is C23H25F6N3O2. The number of alkyl halides is 6. The number of carbonyl (C=O) groups is 2. The summed E-state index contributed by atoms with van der Waals surface area (Å²) >= 11 is 0. The van der Waals surface area contributed by atoms with Crippen molar-refractivity contribution in [2.75, 3.05) is 27.2 Å². The second-order valence-corrected chi connectivity index (χ2v) is 7.77. The maximum absolute atomic E-state index is 12.9. The molecule has 34 heavy (non-hydrogen) atoms. The number of nitrogens with zero attached hydrogens (tertiary/aromatic N) is 1. The Kier molecular flexibility index (Phi) is 8.71. The van der Waals surface area contributed by atoms with Crippen LogP contribution in [0.2, 0.25) is 0 Å². The summed E-state index contributed by atoms with van der Waals surface area (Å²) in [7, 11) is 3.07. The Balaban J connectivity index is 1.93. The number of halogens is 6. The molecule has 0 unspecified atom stereocenters. The van der Waals surface area contributed by atoms with Crippen molar-refractivity contribution in [1.29, 1.82) is 0 Å². The van der Waals surface area contributed by atoms with Crippen molar-refractivity contribution in [2.45, 2.75) is 31.2 Å². The van der Waals surface area contributed by atoms with E-state index in [9.17, 15) is 35.9 Å². The Morgan fingerprint density at radius 2 is 1.35 bits per heavy atom. The van der Waals surface area contributed by atoms with E-state index in [2.05, 4.69) is 10.6 Å². The number of carbonyl (C=O) groups excluding carboxylic acids is 2. The molecule has 0 fully saturated rings. The van der Waals surface area contributed by atoms with Gasteiger partial charge < -0.3 is 15.5 Å². The van der Waals surface area contributed by atoms with Crippen LogP contribution in [0.4, 0.5) is 26.3 Å². The Labute approximate surface area is 193 Å². The van der Waals surface area contributed by atoms with Crippen LogP contribution in [0.25, 0.3) is 0 Å². The summed E-state index contributed by atoms with van der Waals surface area (Å²) in [5, 5.41) is 5.42. The van der Waals surface area contributed by atoms with Crippen LogP contribution in [0, 0.1) is 0 Å². The first kappa shape index (κ1) is 27.2. The Bertz CT molecular complexity index is 972. The van der Waals surface area contributed by atoms with E-state index in [1.54, 1.807) is 14.0 Å². The lowest BCUT2D eigenvalue weighted by Gasteiger charge is -2.28. The van der Waals surface area contributed by atoms with Gasteiger partial charge >= 0.3 is 12.4 Å². The Hall–Kier alpha value is -3.08. The van der Waals surface area contributed by atoms with Crippen molar-refractivity contribution < 1.29 is 35.9 Å². The summed E-state index contributed by atoms with van der Waals surface area (Å²) in [5.41, 5.74) is -1.05. The highest BCUT2D eigenvalue weighted by Gasteiger charge is 2.32. The van der Waals surface area contributed by atoms with Crippen LogP contribution >= 0.6 is 0 Å². The lowest BCUT2D eigenvalue weighted by atomic mass is 9.91. The van der Waals surface area contributed by atoms with Gasteiger partial charge in [0.2, 0.25) is 5.91 Å². The first-order valence-corrected chi connectivity index (χ1v) is 10.3. The van der Waals surface area contributed by atoms with Crippen LogP contribution < -0.4 is 10.6 Å². The van der Waals surface area contributed by atoms with Gasteiger partial charge in [-0.15, -0.1) is 0 Å². The summed E-state index contributed by atoms with van der Waals surface area (Å²) in [5.74, 6) is -1.36. The van der Waals surface area contributed by atoms with Crippen LogP contribution in [0.15, 0.2) is 48.5 Å². The summed E-state index contributed by atoms with van der Waals surface area (Å²) in [6, 6.07) is 7.60. The maximum atomic E-state index is 12.9. The van der Waals surface area contributed by atoms with E-state index in [1.807, 2.05) is 0 Å². The fourth-order valence-electron chi connectivity index (χ4n) is 3.35. The van der Waals surface area contributed by atoms with Gasteiger partial charge in [0.25, 0.3) is 5.91 Å². The summed E-state index contributed by atoms with van der Waals surface area (Å²) in [6.45, 7) is 1.87. The first-order valence-electron chi connectivity index (χ1n) is 10.3. The van der Waals surface area contributed by atoms with E-state index >= 15 is 0 Å². The molecule has 2 aromatic rings. The lowest BCUT2D eigenvalue weighted by Crippen LogP contribution is -2.48. The molecule has 2 N–H and O–H groups in total. The molecule has 2 amide bonds. The molecule has 0 radical (unpaired) electrons. The van der Waals surface area contributed by atoms with Gasteiger partial charge in [0.05, 0.1) is 17.2 Å². The summed E-state index contributed by atoms with van der Waals surface area (Å²) in [6.07, 6.45) is -8.95.